The SMILES string of the molecule is Nc1cc[c]c(C=O)c1. The summed E-state index contributed by atoms with van der Waals surface area (Å²) >= 11 is 0. The quantitative estimate of drug-likeness (QED) is 0.441. The summed E-state index contributed by atoms with van der Waals surface area (Å²) in [5, 5.41) is 0. The predicted octanol–water partition coefficient (Wildman–Crippen LogP) is 0.881. The number of hydrogen-bond donors (Lipinski definition) is 1. The van der Waals surface area contributed by atoms with Crippen LogP contribution >= 0.6 is 0 Å². The smallest absolute Gasteiger partial charge is 0.150 e. The Morgan fingerprint density at radius 2 is 2.44 bits per heavy atom. The Balaban J connectivity index is 3.07. The topological polar surface area (TPSA) is 43.1 Å². The van der Waals surface area contributed by atoms with Crippen molar-refractivity contribution in [3.8, 4) is 0 Å². The lowest BCUT2D eigenvalue weighted by Gasteiger charge is -1.89. The van der Waals surface area contributed by atoms with Gasteiger partial charge in [-0.3, -0.25) is 4.79 Å². The maximum absolute atomic E-state index is 10.1. The first-order valence-electron chi connectivity index (χ1n) is 2.55. The third kappa shape index (κ3) is 1.29. The Morgan fingerprint density at radius 3 is 2.89 bits per heavy atom. The first kappa shape index (κ1) is 5.82. The number of hydrogen-bond acceptors (Lipinski definition) is 2. The zero-order valence-electron chi connectivity index (χ0n) is 4.79. The summed E-state index contributed by atoms with van der Waals surface area (Å²) in [6, 6.07) is 7.60. The normalized spacial score (nSPS) is 8.89. The van der Waals surface area contributed by atoms with Gasteiger partial charge in [-0.1, -0.05) is 6.07 Å². The highest BCUT2D eigenvalue weighted by Gasteiger charge is 1.87. The molecule has 0 aromatic heterocycles. The maximum atomic E-state index is 10.1. The van der Waals surface area contributed by atoms with Gasteiger partial charge in [-0.25, -0.2) is 0 Å². The van der Waals surface area contributed by atoms with Crippen molar-refractivity contribution in [3.63, 3.8) is 0 Å². The standard InChI is InChI=1S/C7H6NO/c8-7-3-1-2-6(4-7)5-9/h1,3-5H,8H2. The highest BCUT2D eigenvalue weighted by atomic mass is 16.1. The van der Waals surface area contributed by atoms with Gasteiger partial charge in [0.2, 0.25) is 0 Å². The molecule has 1 radical (unpaired) electrons. The number of carbonyl (C=O) groups excluding carboxylic acids is 1. The molecule has 1 aromatic carbocycles. The largest absolute Gasteiger partial charge is 0.399 e. The summed E-state index contributed by atoms with van der Waals surface area (Å²) < 4.78 is 0. The van der Waals surface area contributed by atoms with E-state index in [0.29, 0.717) is 11.3 Å². The second kappa shape index (κ2) is 2.31. The molecule has 1 rings (SSSR count). The van der Waals surface area contributed by atoms with E-state index in [-0.39, 0.29) is 0 Å². The molecule has 9 heavy (non-hydrogen) atoms. The zero-order chi connectivity index (χ0) is 6.69. The molecule has 0 saturated heterocycles. The van der Waals surface area contributed by atoms with Crippen LogP contribution in [0.4, 0.5) is 5.69 Å². The Bertz CT molecular complexity index is 220. The number of anilines is 1. The van der Waals surface area contributed by atoms with Crippen LogP contribution in [0.15, 0.2) is 18.2 Å². The summed E-state index contributed by atoms with van der Waals surface area (Å²) in [5.41, 5.74) is 6.44. The van der Waals surface area contributed by atoms with E-state index in [4.69, 9.17) is 5.73 Å². The number of carbonyl (C=O) groups is 1. The van der Waals surface area contributed by atoms with Crippen LogP contribution in [0.1, 0.15) is 10.4 Å². The molecule has 0 bridgehead atoms. The highest BCUT2D eigenvalue weighted by Crippen LogP contribution is 2.01. The number of rotatable bonds is 1. The van der Waals surface area contributed by atoms with Gasteiger partial charge in [0.1, 0.15) is 0 Å². The fourth-order valence-electron chi connectivity index (χ4n) is 0.571. The Labute approximate surface area is 53.3 Å². The third-order valence-corrected chi connectivity index (χ3v) is 0.975. The second-order valence-corrected chi connectivity index (χ2v) is 1.70. The van der Waals surface area contributed by atoms with Gasteiger partial charge in [-0.15, -0.1) is 0 Å². The van der Waals surface area contributed by atoms with Crippen LogP contribution in [0.3, 0.4) is 0 Å². The number of benzene rings is 1. The fraction of sp³-hybridized carbons (Fsp3) is 0. The van der Waals surface area contributed by atoms with Gasteiger partial charge in [-0.05, 0) is 18.2 Å². The summed E-state index contributed by atoms with van der Waals surface area (Å²) in [7, 11) is 0. The van der Waals surface area contributed by atoms with E-state index < -0.39 is 0 Å². The van der Waals surface area contributed by atoms with Crippen LogP contribution in [-0.4, -0.2) is 6.29 Å². The highest BCUT2D eigenvalue weighted by molar-refractivity contribution is 5.75. The predicted molar refractivity (Wildman–Crippen MR) is 35.1 cm³/mol. The molecule has 0 heterocycles. The molecule has 0 unspecified atom stereocenters. The minimum atomic E-state index is 0.495. The molecular formula is C7H6NO. The van der Waals surface area contributed by atoms with E-state index in [9.17, 15) is 4.79 Å². The van der Waals surface area contributed by atoms with Crippen molar-refractivity contribution in [2.75, 3.05) is 5.73 Å². The van der Waals surface area contributed by atoms with Crippen LogP contribution in [0.2, 0.25) is 0 Å². The van der Waals surface area contributed by atoms with Crippen molar-refractivity contribution in [1.82, 2.24) is 0 Å². The molecule has 1 aromatic rings. The van der Waals surface area contributed by atoms with Crippen LogP contribution in [0.25, 0.3) is 0 Å². The molecule has 2 nitrogen and oxygen atoms in total. The van der Waals surface area contributed by atoms with Gasteiger partial charge in [0.25, 0.3) is 0 Å². The third-order valence-electron chi connectivity index (χ3n) is 0.975. The molecule has 0 saturated carbocycles. The first-order chi connectivity index (χ1) is 4.33. The average Bonchev–Trinajstić information content (AvgIpc) is 1.88. The van der Waals surface area contributed by atoms with E-state index in [1.54, 1.807) is 18.2 Å². The average molecular weight is 120 g/mol. The summed E-state index contributed by atoms with van der Waals surface area (Å²) in [5.74, 6) is 0. The molecule has 0 atom stereocenters. The Morgan fingerprint density at radius 1 is 1.67 bits per heavy atom. The lowest BCUT2D eigenvalue weighted by molar-refractivity contribution is 0.112. The molecule has 0 spiro atoms. The molecule has 2 N–H and O–H groups in total. The second-order valence-electron chi connectivity index (χ2n) is 1.70. The van der Waals surface area contributed by atoms with Crippen LogP contribution in [0, 0.1) is 6.07 Å². The monoisotopic (exact) mass is 120 g/mol. The number of nitrogen functional groups attached to an aromatic ring is 1. The van der Waals surface area contributed by atoms with Crippen LogP contribution in [-0.2, 0) is 0 Å². The molecule has 45 valence electrons. The molecule has 0 fully saturated rings. The van der Waals surface area contributed by atoms with Gasteiger partial charge in [0, 0.05) is 11.3 Å². The van der Waals surface area contributed by atoms with E-state index in [0.717, 1.165) is 6.29 Å². The minimum Gasteiger partial charge on any atom is -0.399 e. The summed E-state index contributed by atoms with van der Waals surface area (Å²) in [4.78, 5) is 10.1. The number of aldehydes is 1. The zero-order valence-corrected chi connectivity index (χ0v) is 4.79. The molecule has 0 amide bonds. The van der Waals surface area contributed by atoms with Crippen molar-refractivity contribution >= 4 is 12.0 Å². The van der Waals surface area contributed by atoms with Gasteiger partial charge >= 0.3 is 0 Å². The van der Waals surface area contributed by atoms with Gasteiger partial charge < -0.3 is 5.73 Å². The Hall–Kier alpha value is -1.31. The molecular weight excluding hydrogens is 114 g/mol. The molecule has 0 aliphatic heterocycles. The molecule has 0 aliphatic carbocycles. The summed E-state index contributed by atoms with van der Waals surface area (Å²) in [6.45, 7) is 0. The van der Waals surface area contributed by atoms with E-state index in [1.807, 2.05) is 0 Å². The molecule has 0 aliphatic rings. The van der Waals surface area contributed by atoms with Crippen molar-refractivity contribution in [2.24, 2.45) is 0 Å². The van der Waals surface area contributed by atoms with Gasteiger partial charge in [0.15, 0.2) is 6.29 Å². The summed E-state index contributed by atoms with van der Waals surface area (Å²) in [6.07, 6.45) is 0.719. The lowest BCUT2D eigenvalue weighted by atomic mass is 10.2. The van der Waals surface area contributed by atoms with E-state index >= 15 is 0 Å². The fourth-order valence-corrected chi connectivity index (χ4v) is 0.571. The first-order valence-corrected chi connectivity index (χ1v) is 2.55. The maximum Gasteiger partial charge on any atom is 0.150 e. The Kier molecular flexibility index (Phi) is 1.49. The van der Waals surface area contributed by atoms with Crippen molar-refractivity contribution in [1.29, 1.82) is 0 Å². The van der Waals surface area contributed by atoms with Crippen LogP contribution in [0.5, 0.6) is 0 Å². The van der Waals surface area contributed by atoms with Crippen molar-refractivity contribution < 1.29 is 4.79 Å². The molecule has 2 heteroatoms. The van der Waals surface area contributed by atoms with Crippen molar-refractivity contribution in [3.05, 3.63) is 29.8 Å². The van der Waals surface area contributed by atoms with Crippen molar-refractivity contribution in [2.45, 2.75) is 0 Å². The number of nitrogens with two attached hydrogens (primary N) is 1. The van der Waals surface area contributed by atoms with E-state index in [2.05, 4.69) is 6.07 Å². The van der Waals surface area contributed by atoms with Crippen LogP contribution < -0.4 is 5.73 Å². The lowest BCUT2D eigenvalue weighted by Crippen LogP contribution is -1.85. The van der Waals surface area contributed by atoms with Gasteiger partial charge in [0.05, 0.1) is 0 Å². The van der Waals surface area contributed by atoms with Gasteiger partial charge in [-0.2, -0.15) is 0 Å². The minimum absolute atomic E-state index is 0.495. The van der Waals surface area contributed by atoms with E-state index in [1.165, 1.54) is 0 Å².